The number of carbonyl (C=O) groups is 1. The molecule has 5 heteroatoms. The van der Waals surface area contributed by atoms with Crippen molar-refractivity contribution < 1.29 is 9.53 Å². The minimum absolute atomic E-state index is 0.131. The number of hydrogen-bond acceptors (Lipinski definition) is 4. The zero-order chi connectivity index (χ0) is 13.0. The van der Waals surface area contributed by atoms with Crippen molar-refractivity contribution in [2.75, 3.05) is 6.61 Å². The maximum absolute atomic E-state index is 11.4. The lowest BCUT2D eigenvalue weighted by molar-refractivity contribution is -0.144. The van der Waals surface area contributed by atoms with E-state index in [4.69, 9.17) is 4.74 Å². The number of pyridine rings is 1. The average molecular weight is 245 g/mol. The average Bonchev–Trinajstić information content (AvgIpc) is 2.72. The van der Waals surface area contributed by atoms with Crippen molar-refractivity contribution in [1.82, 2.24) is 14.8 Å². The third-order valence-electron chi connectivity index (χ3n) is 2.49. The molecule has 0 saturated carbocycles. The summed E-state index contributed by atoms with van der Waals surface area (Å²) in [6, 6.07) is 7.55. The monoisotopic (exact) mass is 245 g/mol. The van der Waals surface area contributed by atoms with E-state index in [0.29, 0.717) is 6.61 Å². The summed E-state index contributed by atoms with van der Waals surface area (Å²) in [5.74, 6) is -0.281. The molecule has 0 N–H and O–H groups in total. The van der Waals surface area contributed by atoms with Gasteiger partial charge in [-0.2, -0.15) is 5.10 Å². The SMILES string of the molecule is CCOC(=O)Cn1nc(-c2ccccn2)cc1C. The van der Waals surface area contributed by atoms with Crippen LogP contribution < -0.4 is 0 Å². The first-order chi connectivity index (χ1) is 8.70. The van der Waals surface area contributed by atoms with Crippen molar-refractivity contribution in [3.63, 3.8) is 0 Å². The van der Waals surface area contributed by atoms with Gasteiger partial charge in [0, 0.05) is 11.9 Å². The van der Waals surface area contributed by atoms with Gasteiger partial charge >= 0.3 is 5.97 Å². The van der Waals surface area contributed by atoms with Gasteiger partial charge in [0.15, 0.2) is 0 Å². The summed E-state index contributed by atoms with van der Waals surface area (Å²) in [6.07, 6.45) is 1.72. The predicted octanol–water partition coefficient (Wildman–Crippen LogP) is 1.82. The van der Waals surface area contributed by atoms with E-state index in [1.165, 1.54) is 0 Å². The van der Waals surface area contributed by atoms with Crippen LogP contribution in [0.2, 0.25) is 0 Å². The molecule has 94 valence electrons. The number of esters is 1. The Hall–Kier alpha value is -2.17. The molecule has 0 aliphatic heterocycles. The Balaban J connectivity index is 2.20. The van der Waals surface area contributed by atoms with E-state index in [2.05, 4.69) is 10.1 Å². The molecule has 18 heavy (non-hydrogen) atoms. The molecule has 0 amide bonds. The molecule has 0 fully saturated rings. The zero-order valence-electron chi connectivity index (χ0n) is 10.5. The first-order valence-corrected chi connectivity index (χ1v) is 5.82. The fourth-order valence-electron chi connectivity index (χ4n) is 1.64. The Morgan fingerprint density at radius 1 is 1.39 bits per heavy atom. The molecule has 0 radical (unpaired) electrons. The molecular formula is C13H15N3O2. The molecule has 2 heterocycles. The number of ether oxygens (including phenoxy) is 1. The highest BCUT2D eigenvalue weighted by Gasteiger charge is 2.10. The minimum atomic E-state index is -0.281. The summed E-state index contributed by atoms with van der Waals surface area (Å²) in [5.41, 5.74) is 2.46. The zero-order valence-corrected chi connectivity index (χ0v) is 10.5. The van der Waals surface area contributed by atoms with E-state index in [-0.39, 0.29) is 12.5 Å². The van der Waals surface area contributed by atoms with Crippen molar-refractivity contribution in [3.8, 4) is 11.4 Å². The van der Waals surface area contributed by atoms with Gasteiger partial charge in [0.1, 0.15) is 12.2 Å². The molecule has 0 atom stereocenters. The van der Waals surface area contributed by atoms with Crippen LogP contribution in [-0.4, -0.2) is 27.3 Å². The lowest BCUT2D eigenvalue weighted by Crippen LogP contribution is -2.15. The number of rotatable bonds is 4. The normalized spacial score (nSPS) is 10.3. The number of hydrogen-bond donors (Lipinski definition) is 0. The second-order valence-electron chi connectivity index (χ2n) is 3.85. The van der Waals surface area contributed by atoms with Gasteiger partial charge in [0.2, 0.25) is 0 Å². The predicted molar refractivity (Wildman–Crippen MR) is 66.8 cm³/mol. The van der Waals surface area contributed by atoms with Gasteiger partial charge in [-0.25, -0.2) is 0 Å². The van der Waals surface area contributed by atoms with Crippen LogP contribution in [0, 0.1) is 6.92 Å². The van der Waals surface area contributed by atoms with Crippen LogP contribution in [-0.2, 0) is 16.1 Å². The Morgan fingerprint density at radius 3 is 2.89 bits per heavy atom. The molecule has 0 aliphatic rings. The lowest BCUT2D eigenvalue weighted by atomic mass is 10.2. The first kappa shape index (κ1) is 12.3. The summed E-state index contributed by atoms with van der Waals surface area (Å²) < 4.78 is 6.53. The van der Waals surface area contributed by atoms with Gasteiger partial charge in [-0.05, 0) is 32.0 Å². The lowest BCUT2D eigenvalue weighted by Gasteiger charge is -2.03. The van der Waals surface area contributed by atoms with Gasteiger partial charge in [-0.3, -0.25) is 14.5 Å². The van der Waals surface area contributed by atoms with Gasteiger partial charge in [0.05, 0.1) is 12.3 Å². The fourth-order valence-corrected chi connectivity index (χ4v) is 1.64. The molecule has 0 saturated heterocycles. The van der Waals surface area contributed by atoms with Crippen molar-refractivity contribution in [2.45, 2.75) is 20.4 Å². The van der Waals surface area contributed by atoms with E-state index in [1.807, 2.05) is 31.2 Å². The second kappa shape index (κ2) is 5.44. The van der Waals surface area contributed by atoms with Crippen LogP contribution in [0.1, 0.15) is 12.6 Å². The van der Waals surface area contributed by atoms with E-state index in [1.54, 1.807) is 17.8 Å². The molecule has 2 aromatic heterocycles. The minimum Gasteiger partial charge on any atom is -0.465 e. The largest absolute Gasteiger partial charge is 0.465 e. The van der Waals surface area contributed by atoms with E-state index in [0.717, 1.165) is 17.1 Å². The maximum Gasteiger partial charge on any atom is 0.327 e. The summed E-state index contributed by atoms with van der Waals surface area (Å²) in [7, 11) is 0. The molecule has 2 aromatic rings. The van der Waals surface area contributed by atoms with Crippen LogP contribution >= 0.6 is 0 Å². The molecule has 0 bridgehead atoms. The van der Waals surface area contributed by atoms with Crippen molar-refractivity contribution in [3.05, 3.63) is 36.2 Å². The van der Waals surface area contributed by atoms with Crippen molar-refractivity contribution in [2.24, 2.45) is 0 Å². The second-order valence-corrected chi connectivity index (χ2v) is 3.85. The van der Waals surface area contributed by atoms with Crippen molar-refractivity contribution in [1.29, 1.82) is 0 Å². The fraction of sp³-hybridized carbons (Fsp3) is 0.308. The van der Waals surface area contributed by atoms with Gasteiger partial charge in [-0.1, -0.05) is 6.07 Å². The summed E-state index contributed by atoms with van der Waals surface area (Å²) in [5, 5.41) is 4.36. The van der Waals surface area contributed by atoms with E-state index >= 15 is 0 Å². The van der Waals surface area contributed by atoms with Crippen LogP contribution in [0.15, 0.2) is 30.5 Å². The quantitative estimate of drug-likeness (QED) is 0.771. The molecular weight excluding hydrogens is 230 g/mol. The third kappa shape index (κ3) is 2.74. The molecule has 0 unspecified atom stereocenters. The highest BCUT2D eigenvalue weighted by molar-refractivity contribution is 5.69. The Bertz CT molecular complexity index is 534. The highest BCUT2D eigenvalue weighted by atomic mass is 16.5. The van der Waals surface area contributed by atoms with Crippen LogP contribution in [0.3, 0.4) is 0 Å². The van der Waals surface area contributed by atoms with Crippen molar-refractivity contribution >= 4 is 5.97 Å². The molecule has 0 aromatic carbocycles. The number of aryl methyl sites for hydroxylation is 1. The standard InChI is InChI=1S/C13H15N3O2/c1-3-18-13(17)9-16-10(2)8-12(15-16)11-6-4-5-7-14-11/h4-8H,3,9H2,1-2H3. The Morgan fingerprint density at radius 2 is 2.22 bits per heavy atom. The Labute approximate surface area is 105 Å². The first-order valence-electron chi connectivity index (χ1n) is 5.82. The molecule has 0 spiro atoms. The smallest absolute Gasteiger partial charge is 0.327 e. The van der Waals surface area contributed by atoms with E-state index in [9.17, 15) is 4.79 Å². The molecule has 2 rings (SSSR count). The summed E-state index contributed by atoms with van der Waals surface area (Å²) >= 11 is 0. The number of aromatic nitrogens is 3. The summed E-state index contributed by atoms with van der Waals surface area (Å²) in [4.78, 5) is 15.6. The summed E-state index contributed by atoms with van der Waals surface area (Å²) in [6.45, 7) is 4.20. The number of carbonyl (C=O) groups excluding carboxylic acids is 1. The number of nitrogens with zero attached hydrogens (tertiary/aromatic N) is 3. The van der Waals surface area contributed by atoms with Gasteiger partial charge < -0.3 is 4.74 Å². The van der Waals surface area contributed by atoms with Crippen LogP contribution in [0.25, 0.3) is 11.4 Å². The maximum atomic E-state index is 11.4. The van der Waals surface area contributed by atoms with Gasteiger partial charge in [-0.15, -0.1) is 0 Å². The van der Waals surface area contributed by atoms with Gasteiger partial charge in [0.25, 0.3) is 0 Å². The Kier molecular flexibility index (Phi) is 3.72. The topological polar surface area (TPSA) is 57.0 Å². The third-order valence-corrected chi connectivity index (χ3v) is 2.49. The highest BCUT2D eigenvalue weighted by Crippen LogP contribution is 2.15. The molecule has 0 aliphatic carbocycles. The van der Waals surface area contributed by atoms with Crippen LogP contribution in [0.4, 0.5) is 0 Å². The molecule has 5 nitrogen and oxygen atoms in total. The van der Waals surface area contributed by atoms with Crippen LogP contribution in [0.5, 0.6) is 0 Å². The van der Waals surface area contributed by atoms with E-state index < -0.39 is 0 Å².